The lowest BCUT2D eigenvalue weighted by atomic mass is 10.2. The average molecular weight is 337 g/mol. The number of aromatic nitrogens is 1. The van der Waals surface area contributed by atoms with Gasteiger partial charge in [0.1, 0.15) is 0 Å². The van der Waals surface area contributed by atoms with Gasteiger partial charge in [0.15, 0.2) is 5.75 Å². The number of hydrogen-bond acceptors (Lipinski definition) is 2. The Labute approximate surface area is 125 Å². The number of hydrogen-bond donors (Lipinski definition) is 0. The third-order valence-electron chi connectivity index (χ3n) is 2.78. The predicted octanol–water partition coefficient (Wildman–Crippen LogP) is 3.71. The number of ether oxygens (including phenoxy) is 1. The molecule has 1 aromatic heterocycles. The van der Waals surface area contributed by atoms with Crippen LogP contribution in [0.4, 0.5) is 26.3 Å². The molecular weight excluding hydrogens is 328 g/mol. The highest BCUT2D eigenvalue weighted by molar-refractivity contribution is 5.46. The molecule has 0 aliphatic rings. The Morgan fingerprint density at radius 1 is 0.957 bits per heavy atom. The van der Waals surface area contributed by atoms with Crippen molar-refractivity contribution in [2.45, 2.75) is 18.5 Å². The first-order chi connectivity index (χ1) is 10.6. The molecule has 0 N–H and O–H groups in total. The third kappa shape index (κ3) is 3.66. The summed E-state index contributed by atoms with van der Waals surface area (Å²) in [6.45, 7) is 0. The first-order valence-corrected chi connectivity index (χ1v) is 6.17. The van der Waals surface area contributed by atoms with Crippen LogP contribution < -0.4 is 10.3 Å². The van der Waals surface area contributed by atoms with Crippen molar-refractivity contribution in [2.24, 2.45) is 0 Å². The van der Waals surface area contributed by atoms with Crippen LogP contribution in [0.15, 0.2) is 53.5 Å². The van der Waals surface area contributed by atoms with E-state index >= 15 is 0 Å². The third-order valence-corrected chi connectivity index (χ3v) is 2.78. The van der Waals surface area contributed by atoms with Crippen LogP contribution in [0.2, 0.25) is 0 Å². The van der Waals surface area contributed by atoms with E-state index in [1.54, 1.807) is 0 Å². The molecule has 124 valence electrons. The van der Waals surface area contributed by atoms with Crippen LogP contribution in [-0.2, 0) is 0 Å². The fourth-order valence-electron chi connectivity index (χ4n) is 1.76. The number of halogens is 6. The molecule has 2 rings (SSSR count). The Balaban J connectivity index is 2.43. The van der Waals surface area contributed by atoms with Crippen LogP contribution in [0.3, 0.4) is 0 Å². The Bertz CT molecular complexity index is 740. The summed E-state index contributed by atoms with van der Waals surface area (Å²) in [7, 11) is 0. The molecule has 0 spiro atoms. The van der Waals surface area contributed by atoms with Crippen LogP contribution in [0, 0.1) is 0 Å². The summed E-state index contributed by atoms with van der Waals surface area (Å²) in [5.74, 6) is -0.766. The van der Waals surface area contributed by atoms with E-state index in [1.807, 2.05) is 0 Å². The molecule has 9 heteroatoms. The molecular formula is C14H9F6NO2. The van der Waals surface area contributed by atoms with Gasteiger partial charge in [-0.05, 0) is 18.2 Å². The second kappa shape index (κ2) is 5.98. The lowest BCUT2D eigenvalue weighted by Gasteiger charge is -2.24. The van der Waals surface area contributed by atoms with Crippen molar-refractivity contribution in [2.75, 3.05) is 0 Å². The van der Waals surface area contributed by atoms with Gasteiger partial charge in [-0.15, -0.1) is 0 Å². The Morgan fingerprint density at radius 2 is 1.57 bits per heavy atom. The monoisotopic (exact) mass is 337 g/mol. The fourth-order valence-corrected chi connectivity index (χ4v) is 1.76. The Kier molecular flexibility index (Phi) is 4.39. The van der Waals surface area contributed by atoms with Gasteiger partial charge in [0.2, 0.25) is 0 Å². The maximum absolute atomic E-state index is 13.4. The van der Waals surface area contributed by atoms with Crippen LogP contribution in [-0.4, -0.2) is 23.0 Å². The number of para-hydroxylation sites is 2. The zero-order valence-electron chi connectivity index (χ0n) is 11.2. The van der Waals surface area contributed by atoms with Gasteiger partial charge >= 0.3 is 12.3 Å². The summed E-state index contributed by atoms with van der Waals surface area (Å²) < 4.78 is 81.0. The molecule has 0 radical (unpaired) electrons. The molecule has 23 heavy (non-hydrogen) atoms. The maximum Gasteiger partial charge on any atom is 0.439 e. The second-order valence-electron chi connectivity index (χ2n) is 4.44. The smallest absolute Gasteiger partial charge is 0.428 e. The molecule has 0 saturated heterocycles. The topological polar surface area (TPSA) is 31.2 Å². The van der Waals surface area contributed by atoms with Gasteiger partial charge in [-0.25, -0.2) is 4.39 Å². The average Bonchev–Trinajstić information content (AvgIpc) is 2.46. The summed E-state index contributed by atoms with van der Waals surface area (Å²) in [6.07, 6.45) is -14.2. The molecule has 1 unspecified atom stereocenters. The van der Waals surface area contributed by atoms with Crippen molar-refractivity contribution < 1.29 is 31.1 Å². The predicted molar refractivity (Wildman–Crippen MR) is 68.6 cm³/mol. The molecule has 0 aliphatic carbocycles. The fraction of sp³-hybridized carbons (Fsp3) is 0.214. The normalized spacial score (nSPS) is 13.7. The Morgan fingerprint density at radius 3 is 2.17 bits per heavy atom. The summed E-state index contributed by atoms with van der Waals surface area (Å²) in [5, 5.41) is 0. The lowest BCUT2D eigenvalue weighted by Crippen LogP contribution is -2.45. The summed E-state index contributed by atoms with van der Waals surface area (Å²) in [4.78, 5) is 11.7. The highest BCUT2D eigenvalue weighted by atomic mass is 19.4. The van der Waals surface area contributed by atoms with Gasteiger partial charge in [-0.2, -0.15) is 22.0 Å². The van der Waals surface area contributed by atoms with Crippen LogP contribution in [0.1, 0.15) is 0 Å². The summed E-state index contributed by atoms with van der Waals surface area (Å²) in [5.41, 5.74) is -0.869. The molecule has 1 heterocycles. The standard InChI is InChI=1S/C14H9F6NO2/c15-12(13(16,17)18)14(19,20)23-10-6-2-1-5-9(10)21-8-4-3-7-11(21)22/h1-8,12H. The molecule has 1 aromatic carbocycles. The van der Waals surface area contributed by atoms with Crippen LogP contribution >= 0.6 is 0 Å². The molecule has 0 saturated carbocycles. The van der Waals surface area contributed by atoms with Crippen molar-refractivity contribution >= 4 is 0 Å². The zero-order valence-corrected chi connectivity index (χ0v) is 11.2. The lowest BCUT2D eigenvalue weighted by molar-refractivity contribution is -0.304. The largest absolute Gasteiger partial charge is 0.439 e. The Hall–Kier alpha value is -2.45. The van der Waals surface area contributed by atoms with Crippen molar-refractivity contribution in [3.05, 3.63) is 59.0 Å². The van der Waals surface area contributed by atoms with E-state index < -0.39 is 29.8 Å². The SMILES string of the molecule is O=c1ccccn1-c1ccccc1OC(F)(F)C(F)C(F)(F)F. The van der Waals surface area contributed by atoms with Gasteiger partial charge in [-0.3, -0.25) is 9.36 Å². The first kappa shape index (κ1) is 16.9. The van der Waals surface area contributed by atoms with E-state index in [1.165, 1.54) is 36.5 Å². The van der Waals surface area contributed by atoms with Crippen molar-refractivity contribution in [1.29, 1.82) is 0 Å². The molecule has 2 aromatic rings. The van der Waals surface area contributed by atoms with Gasteiger partial charge in [-0.1, -0.05) is 18.2 Å². The molecule has 0 aliphatic heterocycles. The first-order valence-electron chi connectivity index (χ1n) is 6.17. The van der Waals surface area contributed by atoms with Gasteiger partial charge in [0.25, 0.3) is 11.7 Å². The molecule has 0 bridgehead atoms. The van der Waals surface area contributed by atoms with Gasteiger partial charge in [0, 0.05) is 12.3 Å². The second-order valence-corrected chi connectivity index (χ2v) is 4.44. The van der Waals surface area contributed by atoms with Crippen molar-refractivity contribution in [3.8, 4) is 11.4 Å². The van der Waals surface area contributed by atoms with E-state index in [2.05, 4.69) is 4.74 Å². The van der Waals surface area contributed by atoms with Crippen LogP contribution in [0.25, 0.3) is 5.69 Å². The highest BCUT2D eigenvalue weighted by Crippen LogP contribution is 2.37. The molecule has 3 nitrogen and oxygen atoms in total. The minimum absolute atomic E-state index is 0.243. The maximum atomic E-state index is 13.4. The van der Waals surface area contributed by atoms with E-state index in [9.17, 15) is 31.1 Å². The summed E-state index contributed by atoms with van der Waals surface area (Å²) >= 11 is 0. The molecule has 0 fully saturated rings. The van der Waals surface area contributed by atoms with Crippen molar-refractivity contribution in [3.63, 3.8) is 0 Å². The quantitative estimate of drug-likeness (QED) is 0.797. The zero-order chi connectivity index (χ0) is 17.3. The molecule has 0 amide bonds. The summed E-state index contributed by atoms with van der Waals surface area (Å²) in [6, 6.07) is 8.55. The van der Waals surface area contributed by atoms with E-state index in [0.717, 1.165) is 16.7 Å². The van der Waals surface area contributed by atoms with E-state index in [0.29, 0.717) is 0 Å². The van der Waals surface area contributed by atoms with E-state index in [4.69, 9.17) is 0 Å². The van der Waals surface area contributed by atoms with Crippen LogP contribution in [0.5, 0.6) is 5.75 Å². The number of alkyl halides is 6. The van der Waals surface area contributed by atoms with Crippen molar-refractivity contribution in [1.82, 2.24) is 4.57 Å². The highest BCUT2D eigenvalue weighted by Gasteiger charge is 2.59. The minimum Gasteiger partial charge on any atom is -0.428 e. The number of nitrogens with zero attached hydrogens (tertiary/aromatic N) is 1. The van der Waals surface area contributed by atoms with Gasteiger partial charge < -0.3 is 4.74 Å². The van der Waals surface area contributed by atoms with E-state index in [-0.39, 0.29) is 5.69 Å². The minimum atomic E-state index is -5.79. The number of pyridine rings is 1. The van der Waals surface area contributed by atoms with Gasteiger partial charge in [0.05, 0.1) is 5.69 Å². The molecule has 1 atom stereocenters. The number of rotatable bonds is 4. The number of benzene rings is 1.